The number of para-hydroxylation sites is 1. The number of phenolic OH excluding ortho intramolecular Hbond substituents is 1. The molecule has 0 radical (unpaired) electrons. The van der Waals surface area contributed by atoms with Gasteiger partial charge in [-0.25, -0.2) is 5.43 Å². The summed E-state index contributed by atoms with van der Waals surface area (Å²) in [4.78, 5) is 12.1. The van der Waals surface area contributed by atoms with E-state index < -0.39 is 0 Å². The van der Waals surface area contributed by atoms with E-state index in [4.69, 9.17) is 9.47 Å². The monoisotopic (exact) mass is 356 g/mol. The molecule has 6 heteroatoms. The molecular weight excluding hydrogens is 332 g/mol. The number of nitrogens with zero attached hydrogens (tertiary/aromatic N) is 1. The van der Waals surface area contributed by atoms with Crippen molar-refractivity contribution in [1.29, 1.82) is 0 Å². The van der Waals surface area contributed by atoms with E-state index in [2.05, 4.69) is 24.4 Å². The van der Waals surface area contributed by atoms with Gasteiger partial charge >= 0.3 is 0 Å². The summed E-state index contributed by atoms with van der Waals surface area (Å²) in [6.45, 7) is 4.93. The number of methoxy groups -OCH3 is 1. The molecule has 0 fully saturated rings. The highest BCUT2D eigenvalue weighted by Crippen LogP contribution is 2.27. The van der Waals surface area contributed by atoms with Gasteiger partial charge in [0.05, 0.1) is 19.9 Å². The number of hydrogen-bond donors (Lipinski definition) is 2. The summed E-state index contributed by atoms with van der Waals surface area (Å²) >= 11 is 0. The summed E-state index contributed by atoms with van der Waals surface area (Å²) in [7, 11) is 1.47. The van der Waals surface area contributed by atoms with Crippen LogP contribution in [-0.4, -0.2) is 30.9 Å². The second kappa shape index (κ2) is 9.46. The Kier molecular flexibility index (Phi) is 7.02. The second-order valence-corrected chi connectivity index (χ2v) is 6.15. The van der Waals surface area contributed by atoms with E-state index in [0.29, 0.717) is 29.4 Å². The van der Waals surface area contributed by atoms with Crippen molar-refractivity contribution in [3.8, 4) is 17.2 Å². The van der Waals surface area contributed by atoms with E-state index in [-0.39, 0.29) is 11.7 Å². The van der Waals surface area contributed by atoms with Crippen molar-refractivity contribution in [3.05, 3.63) is 53.6 Å². The highest BCUT2D eigenvalue weighted by Gasteiger charge is 2.07. The van der Waals surface area contributed by atoms with Gasteiger partial charge in [-0.1, -0.05) is 19.9 Å². The van der Waals surface area contributed by atoms with Crippen LogP contribution < -0.4 is 14.9 Å². The first-order valence-corrected chi connectivity index (χ1v) is 8.43. The number of phenols is 1. The molecule has 0 atom stereocenters. The maximum absolute atomic E-state index is 12.1. The summed E-state index contributed by atoms with van der Waals surface area (Å²) < 4.78 is 10.6. The molecule has 0 saturated heterocycles. The van der Waals surface area contributed by atoms with Crippen molar-refractivity contribution in [2.45, 2.75) is 20.3 Å². The lowest BCUT2D eigenvalue weighted by Crippen LogP contribution is -2.17. The third-order valence-electron chi connectivity index (χ3n) is 3.70. The lowest BCUT2D eigenvalue weighted by atomic mass is 10.1. The number of carbonyl (C=O) groups is 1. The SMILES string of the molecule is COc1cccc(/C=N/NC(=O)c2ccc(OCCC(C)C)cc2)c1O. The molecule has 0 aliphatic carbocycles. The third kappa shape index (κ3) is 5.51. The number of amides is 1. The molecule has 0 saturated carbocycles. The highest BCUT2D eigenvalue weighted by molar-refractivity contribution is 5.95. The number of rotatable bonds is 8. The van der Waals surface area contributed by atoms with E-state index >= 15 is 0 Å². The molecule has 0 aliphatic heterocycles. The minimum Gasteiger partial charge on any atom is -0.504 e. The van der Waals surface area contributed by atoms with E-state index in [9.17, 15) is 9.90 Å². The Labute approximate surface area is 153 Å². The van der Waals surface area contributed by atoms with Gasteiger partial charge in [-0.15, -0.1) is 0 Å². The smallest absolute Gasteiger partial charge is 0.271 e. The molecule has 0 unspecified atom stereocenters. The van der Waals surface area contributed by atoms with Crippen molar-refractivity contribution in [2.75, 3.05) is 13.7 Å². The van der Waals surface area contributed by atoms with Crippen LogP contribution in [0.5, 0.6) is 17.2 Å². The van der Waals surface area contributed by atoms with Crippen LogP contribution in [0.25, 0.3) is 0 Å². The van der Waals surface area contributed by atoms with Gasteiger partial charge in [0.1, 0.15) is 5.75 Å². The Morgan fingerprint density at radius 2 is 1.96 bits per heavy atom. The number of carbonyl (C=O) groups excluding carboxylic acids is 1. The van der Waals surface area contributed by atoms with E-state index in [0.717, 1.165) is 12.2 Å². The van der Waals surface area contributed by atoms with Crippen molar-refractivity contribution in [1.82, 2.24) is 5.43 Å². The number of aromatic hydroxyl groups is 1. The molecule has 0 aliphatic rings. The Morgan fingerprint density at radius 3 is 2.62 bits per heavy atom. The minimum absolute atomic E-state index is 0.0316. The van der Waals surface area contributed by atoms with Crippen LogP contribution in [-0.2, 0) is 0 Å². The molecule has 1 amide bonds. The first kappa shape index (κ1) is 19.3. The molecule has 2 N–H and O–H groups in total. The Morgan fingerprint density at radius 1 is 1.23 bits per heavy atom. The highest BCUT2D eigenvalue weighted by atomic mass is 16.5. The van der Waals surface area contributed by atoms with E-state index in [1.807, 2.05) is 0 Å². The van der Waals surface area contributed by atoms with Crippen LogP contribution in [0, 0.1) is 5.92 Å². The van der Waals surface area contributed by atoms with Crippen LogP contribution in [0.2, 0.25) is 0 Å². The van der Waals surface area contributed by atoms with Crippen LogP contribution in [0.4, 0.5) is 0 Å². The number of ether oxygens (including phenoxy) is 2. The lowest BCUT2D eigenvalue weighted by Gasteiger charge is -2.08. The average molecular weight is 356 g/mol. The first-order chi connectivity index (χ1) is 12.5. The van der Waals surface area contributed by atoms with Gasteiger partial charge in [0.15, 0.2) is 11.5 Å². The third-order valence-corrected chi connectivity index (χ3v) is 3.70. The van der Waals surface area contributed by atoms with Gasteiger partial charge in [0.25, 0.3) is 5.91 Å². The fourth-order valence-corrected chi connectivity index (χ4v) is 2.15. The molecule has 0 spiro atoms. The Bertz CT molecular complexity index is 755. The number of hydrazone groups is 1. The van der Waals surface area contributed by atoms with Crippen LogP contribution >= 0.6 is 0 Å². The predicted octanol–water partition coefficient (Wildman–Crippen LogP) is 3.59. The second-order valence-electron chi connectivity index (χ2n) is 6.15. The van der Waals surface area contributed by atoms with Gasteiger partial charge in [-0.3, -0.25) is 4.79 Å². The molecule has 138 valence electrons. The zero-order valence-corrected chi connectivity index (χ0v) is 15.2. The fraction of sp³-hybridized carbons (Fsp3) is 0.300. The van der Waals surface area contributed by atoms with Gasteiger partial charge < -0.3 is 14.6 Å². The van der Waals surface area contributed by atoms with Crippen molar-refractivity contribution in [2.24, 2.45) is 11.0 Å². The van der Waals surface area contributed by atoms with Crippen LogP contribution in [0.1, 0.15) is 36.2 Å². The summed E-state index contributed by atoms with van der Waals surface area (Å²) in [5, 5.41) is 13.8. The van der Waals surface area contributed by atoms with E-state index in [1.54, 1.807) is 42.5 Å². The minimum atomic E-state index is -0.350. The number of hydrogen-bond acceptors (Lipinski definition) is 5. The lowest BCUT2D eigenvalue weighted by molar-refractivity contribution is 0.0955. The molecule has 2 aromatic rings. The molecule has 6 nitrogen and oxygen atoms in total. The van der Waals surface area contributed by atoms with Crippen molar-refractivity contribution < 1.29 is 19.4 Å². The summed E-state index contributed by atoms with van der Waals surface area (Å²) in [5.41, 5.74) is 3.34. The summed E-state index contributed by atoms with van der Waals surface area (Å²) in [6, 6.07) is 11.9. The number of nitrogens with one attached hydrogen (secondary N) is 1. The standard InChI is InChI=1S/C20H24N2O4/c1-14(2)11-12-26-17-9-7-15(8-10-17)20(24)22-21-13-16-5-4-6-18(25-3)19(16)23/h4-10,13-14,23H,11-12H2,1-3H3,(H,22,24)/b21-13+. The first-order valence-electron chi connectivity index (χ1n) is 8.43. The Balaban J connectivity index is 1.91. The molecule has 2 aromatic carbocycles. The van der Waals surface area contributed by atoms with Gasteiger partial charge in [-0.05, 0) is 48.7 Å². The predicted molar refractivity (Wildman–Crippen MR) is 101 cm³/mol. The maximum atomic E-state index is 12.1. The quantitative estimate of drug-likeness (QED) is 0.559. The molecular formula is C20H24N2O4. The summed E-state index contributed by atoms with van der Waals surface area (Å²) in [5.74, 6) is 1.27. The maximum Gasteiger partial charge on any atom is 0.271 e. The molecule has 2 rings (SSSR count). The van der Waals surface area contributed by atoms with Crippen LogP contribution in [0.15, 0.2) is 47.6 Å². The zero-order chi connectivity index (χ0) is 18.9. The summed E-state index contributed by atoms with van der Waals surface area (Å²) in [6.07, 6.45) is 2.34. The fourth-order valence-electron chi connectivity index (χ4n) is 2.15. The Hall–Kier alpha value is -3.02. The van der Waals surface area contributed by atoms with Gasteiger partial charge in [0, 0.05) is 11.1 Å². The number of benzene rings is 2. The molecule has 0 aromatic heterocycles. The molecule has 0 heterocycles. The molecule has 0 bridgehead atoms. The molecule has 26 heavy (non-hydrogen) atoms. The van der Waals surface area contributed by atoms with Crippen molar-refractivity contribution >= 4 is 12.1 Å². The zero-order valence-electron chi connectivity index (χ0n) is 15.2. The van der Waals surface area contributed by atoms with Gasteiger partial charge in [-0.2, -0.15) is 5.10 Å². The normalized spacial score (nSPS) is 10.9. The van der Waals surface area contributed by atoms with Crippen LogP contribution in [0.3, 0.4) is 0 Å². The largest absolute Gasteiger partial charge is 0.504 e. The van der Waals surface area contributed by atoms with E-state index in [1.165, 1.54) is 13.3 Å². The van der Waals surface area contributed by atoms with Gasteiger partial charge in [0.2, 0.25) is 0 Å². The topological polar surface area (TPSA) is 80.2 Å². The average Bonchev–Trinajstić information content (AvgIpc) is 2.63. The van der Waals surface area contributed by atoms with Crippen molar-refractivity contribution in [3.63, 3.8) is 0 Å².